The average molecular weight is 481 g/mol. The lowest BCUT2D eigenvalue weighted by Crippen LogP contribution is -2.31. The highest BCUT2D eigenvalue weighted by molar-refractivity contribution is 7.92. The van der Waals surface area contributed by atoms with Crippen LogP contribution in [0.4, 0.5) is 5.69 Å². The number of nitrogens with one attached hydrogen (secondary N) is 2. The molecule has 1 unspecified atom stereocenters. The van der Waals surface area contributed by atoms with E-state index in [2.05, 4.69) is 36.0 Å². The molecule has 0 spiro atoms. The summed E-state index contributed by atoms with van der Waals surface area (Å²) >= 11 is 0. The summed E-state index contributed by atoms with van der Waals surface area (Å²) in [4.78, 5) is 12.5. The highest BCUT2D eigenvalue weighted by Crippen LogP contribution is 2.23. The van der Waals surface area contributed by atoms with Gasteiger partial charge >= 0.3 is 0 Å². The molecule has 3 aromatic carbocycles. The minimum absolute atomic E-state index is 0.115. The second-order valence-corrected chi connectivity index (χ2v) is 10.4. The van der Waals surface area contributed by atoms with Crippen molar-refractivity contribution >= 4 is 21.6 Å². The van der Waals surface area contributed by atoms with Crippen LogP contribution in [0.1, 0.15) is 46.3 Å². The lowest BCUT2D eigenvalue weighted by molar-refractivity contribution is -0.123. The van der Waals surface area contributed by atoms with Gasteiger partial charge in [-0.1, -0.05) is 24.3 Å². The number of rotatable bonds is 8. The third-order valence-corrected chi connectivity index (χ3v) is 7.25. The molecule has 0 aliphatic heterocycles. The van der Waals surface area contributed by atoms with Crippen molar-refractivity contribution in [1.82, 2.24) is 5.32 Å². The van der Waals surface area contributed by atoms with Crippen LogP contribution in [-0.4, -0.2) is 20.9 Å². The quantitative estimate of drug-likeness (QED) is 0.459. The van der Waals surface area contributed by atoms with Gasteiger partial charge in [0.2, 0.25) is 0 Å². The number of benzene rings is 3. The lowest BCUT2D eigenvalue weighted by atomic mass is 9.96. The molecule has 0 aliphatic carbocycles. The predicted octanol–water partition coefficient (Wildman–Crippen LogP) is 5.29. The number of sulfonamides is 1. The van der Waals surface area contributed by atoms with Crippen molar-refractivity contribution < 1.29 is 17.9 Å². The van der Waals surface area contributed by atoms with Gasteiger partial charge in [0.15, 0.2) is 6.61 Å². The maximum absolute atomic E-state index is 12.8. The summed E-state index contributed by atoms with van der Waals surface area (Å²) in [5.74, 6) is 0.161. The number of carbonyl (C=O) groups is 1. The minimum Gasteiger partial charge on any atom is -0.484 e. The third kappa shape index (κ3) is 6.17. The average Bonchev–Trinajstić information content (AvgIpc) is 2.77. The van der Waals surface area contributed by atoms with Crippen LogP contribution in [0.25, 0.3) is 0 Å². The van der Waals surface area contributed by atoms with Crippen LogP contribution in [0.15, 0.2) is 59.5 Å². The van der Waals surface area contributed by atoms with Gasteiger partial charge in [-0.3, -0.25) is 9.52 Å². The monoisotopic (exact) mass is 480 g/mol. The first-order chi connectivity index (χ1) is 16.0. The van der Waals surface area contributed by atoms with Crippen LogP contribution in [0, 0.1) is 34.6 Å². The van der Waals surface area contributed by atoms with Gasteiger partial charge < -0.3 is 10.1 Å². The zero-order chi connectivity index (χ0) is 25.0. The van der Waals surface area contributed by atoms with E-state index in [0.29, 0.717) is 11.4 Å². The maximum Gasteiger partial charge on any atom is 0.261 e. The van der Waals surface area contributed by atoms with Crippen LogP contribution in [-0.2, 0) is 14.8 Å². The molecule has 3 rings (SSSR count). The Bertz CT molecular complexity index is 1300. The first-order valence-corrected chi connectivity index (χ1v) is 12.6. The van der Waals surface area contributed by atoms with E-state index in [4.69, 9.17) is 4.74 Å². The fourth-order valence-electron chi connectivity index (χ4n) is 3.72. The van der Waals surface area contributed by atoms with Crippen molar-refractivity contribution in [3.63, 3.8) is 0 Å². The number of carbonyl (C=O) groups excluding carboxylic acids is 1. The molecule has 0 heterocycles. The Hall–Kier alpha value is -3.32. The molecule has 6 nitrogen and oxygen atoms in total. The van der Waals surface area contributed by atoms with Gasteiger partial charge in [0.1, 0.15) is 5.75 Å². The highest BCUT2D eigenvalue weighted by Gasteiger charge is 2.17. The van der Waals surface area contributed by atoms with E-state index in [-0.39, 0.29) is 23.5 Å². The van der Waals surface area contributed by atoms with Crippen molar-refractivity contribution in [3.8, 4) is 5.75 Å². The van der Waals surface area contributed by atoms with Gasteiger partial charge in [0.25, 0.3) is 15.9 Å². The van der Waals surface area contributed by atoms with Gasteiger partial charge in [-0.05, 0) is 105 Å². The van der Waals surface area contributed by atoms with Gasteiger partial charge in [-0.2, -0.15) is 0 Å². The van der Waals surface area contributed by atoms with Crippen LogP contribution >= 0.6 is 0 Å². The fraction of sp³-hybridized carbons (Fsp3) is 0.296. The molecule has 3 aromatic rings. The molecule has 1 atom stereocenters. The van der Waals surface area contributed by atoms with Crippen molar-refractivity contribution in [1.29, 1.82) is 0 Å². The number of hydrogen-bond donors (Lipinski definition) is 2. The van der Waals surface area contributed by atoms with E-state index in [9.17, 15) is 13.2 Å². The zero-order valence-corrected chi connectivity index (χ0v) is 21.3. The van der Waals surface area contributed by atoms with Gasteiger partial charge in [0.05, 0.1) is 16.6 Å². The molecule has 0 aromatic heterocycles. The first kappa shape index (κ1) is 25.3. The Morgan fingerprint density at radius 1 is 0.853 bits per heavy atom. The molecule has 180 valence electrons. The Kier molecular flexibility index (Phi) is 7.67. The van der Waals surface area contributed by atoms with Crippen LogP contribution in [0.3, 0.4) is 0 Å². The maximum atomic E-state index is 12.8. The first-order valence-electron chi connectivity index (χ1n) is 11.2. The Morgan fingerprint density at radius 3 is 2.18 bits per heavy atom. The van der Waals surface area contributed by atoms with E-state index >= 15 is 0 Å². The topological polar surface area (TPSA) is 84.5 Å². The van der Waals surface area contributed by atoms with E-state index in [1.165, 1.54) is 23.3 Å². The summed E-state index contributed by atoms with van der Waals surface area (Å²) < 4.78 is 33.7. The lowest BCUT2D eigenvalue weighted by Gasteiger charge is -2.18. The van der Waals surface area contributed by atoms with Gasteiger partial charge in [-0.15, -0.1) is 0 Å². The molecule has 2 N–H and O–H groups in total. The molecule has 0 radical (unpaired) electrons. The van der Waals surface area contributed by atoms with E-state index < -0.39 is 10.0 Å². The summed E-state index contributed by atoms with van der Waals surface area (Å²) in [7, 11) is -3.74. The number of aryl methyl sites for hydroxylation is 5. The second-order valence-electron chi connectivity index (χ2n) is 8.77. The minimum atomic E-state index is -3.74. The molecule has 0 bridgehead atoms. The predicted molar refractivity (Wildman–Crippen MR) is 136 cm³/mol. The molecular weight excluding hydrogens is 448 g/mol. The van der Waals surface area contributed by atoms with Crippen LogP contribution in [0.5, 0.6) is 5.75 Å². The molecule has 7 heteroatoms. The number of amides is 1. The molecule has 0 saturated carbocycles. The summed E-state index contributed by atoms with van der Waals surface area (Å²) in [6.07, 6.45) is 0. The molecule has 0 fully saturated rings. The van der Waals surface area contributed by atoms with E-state index in [1.807, 2.05) is 39.8 Å². The molecular formula is C27H32N2O4S. The number of hydrogen-bond acceptors (Lipinski definition) is 4. The Labute approximate surface area is 202 Å². The summed E-state index contributed by atoms with van der Waals surface area (Å²) in [6, 6.07) is 15.7. The normalized spacial score (nSPS) is 12.2. The summed E-state index contributed by atoms with van der Waals surface area (Å²) in [5, 5.41) is 2.96. The van der Waals surface area contributed by atoms with E-state index in [1.54, 1.807) is 18.2 Å². The smallest absolute Gasteiger partial charge is 0.261 e. The van der Waals surface area contributed by atoms with Crippen molar-refractivity contribution in [2.75, 3.05) is 11.3 Å². The van der Waals surface area contributed by atoms with Crippen LogP contribution in [0.2, 0.25) is 0 Å². The fourth-order valence-corrected chi connectivity index (χ4v) is 4.85. The Morgan fingerprint density at radius 2 is 1.50 bits per heavy atom. The SMILES string of the molecule is Cc1ccc(C)c(NS(=O)(=O)c2ccc(OCC(=O)NC(C)c3cc(C)c(C)cc3C)cc2)c1. The molecule has 34 heavy (non-hydrogen) atoms. The third-order valence-electron chi connectivity index (χ3n) is 5.87. The standard InChI is InChI=1S/C27H32N2O4S/c1-17-7-8-18(2)26(13-17)29-34(31,32)24-11-9-23(10-12-24)33-16-27(30)28-22(6)25-15-20(4)19(3)14-21(25)5/h7-15,22,29H,16H2,1-6H3,(H,28,30). The van der Waals surface area contributed by atoms with Gasteiger partial charge in [-0.25, -0.2) is 8.42 Å². The zero-order valence-electron chi connectivity index (χ0n) is 20.5. The van der Waals surface area contributed by atoms with Crippen molar-refractivity contribution in [3.05, 3.63) is 88.0 Å². The molecule has 0 saturated heterocycles. The largest absolute Gasteiger partial charge is 0.484 e. The highest BCUT2D eigenvalue weighted by atomic mass is 32.2. The number of anilines is 1. The molecule has 1 amide bonds. The second kappa shape index (κ2) is 10.3. The van der Waals surface area contributed by atoms with Crippen LogP contribution < -0.4 is 14.8 Å². The summed E-state index contributed by atoms with van der Waals surface area (Å²) in [6.45, 7) is 11.7. The van der Waals surface area contributed by atoms with Crippen molar-refractivity contribution in [2.24, 2.45) is 0 Å². The van der Waals surface area contributed by atoms with Crippen molar-refractivity contribution in [2.45, 2.75) is 52.5 Å². The molecule has 0 aliphatic rings. The number of ether oxygens (including phenoxy) is 1. The van der Waals surface area contributed by atoms with Gasteiger partial charge in [0, 0.05) is 0 Å². The van der Waals surface area contributed by atoms with E-state index in [0.717, 1.165) is 22.3 Å². The summed E-state index contributed by atoms with van der Waals surface area (Å²) in [5.41, 5.74) is 6.95. The Balaban J connectivity index is 1.59.